The van der Waals surface area contributed by atoms with Crippen LogP contribution >= 0.6 is 0 Å². The third kappa shape index (κ3) is 3.28. The van der Waals surface area contributed by atoms with E-state index in [4.69, 9.17) is 4.74 Å². The molecule has 1 unspecified atom stereocenters. The summed E-state index contributed by atoms with van der Waals surface area (Å²) < 4.78 is 5.87. The molecule has 5 nitrogen and oxygen atoms in total. The fraction of sp³-hybridized carbons (Fsp3) is 0.381. The van der Waals surface area contributed by atoms with Crippen LogP contribution in [0.3, 0.4) is 0 Å². The summed E-state index contributed by atoms with van der Waals surface area (Å²) in [5, 5.41) is 12.5. The van der Waals surface area contributed by atoms with Gasteiger partial charge in [0.05, 0.1) is 11.6 Å². The van der Waals surface area contributed by atoms with Gasteiger partial charge in [0.1, 0.15) is 11.8 Å². The van der Waals surface area contributed by atoms with Gasteiger partial charge in [0, 0.05) is 19.8 Å². The summed E-state index contributed by atoms with van der Waals surface area (Å²) in [6.07, 6.45) is 1.02. The van der Waals surface area contributed by atoms with Crippen molar-refractivity contribution in [2.45, 2.75) is 46.6 Å². The molecule has 0 saturated heterocycles. The highest BCUT2D eigenvalue weighted by Crippen LogP contribution is 2.44. The Kier molecular flexibility index (Phi) is 4.45. The number of hydrogen-bond acceptors (Lipinski definition) is 5. The number of allylic oxidation sites excluding steroid dienone is 2. The normalized spacial score (nSPS) is 23.3. The summed E-state index contributed by atoms with van der Waals surface area (Å²) in [7, 11) is 0. The standard InChI is InChI=1S/C21H22N2O3/c1-12-5-7-14(8-6-12)19-18-16(25)9-21(3,4)10-17(18)26-20(23-19)15(11-22)13(2)24/h5-8,19,23H,9-10H2,1-4H3/b20-15+. The van der Waals surface area contributed by atoms with Crippen LogP contribution in [0.25, 0.3) is 0 Å². The number of carbonyl (C=O) groups excluding carboxylic acids is 2. The minimum absolute atomic E-state index is 0.0368. The van der Waals surface area contributed by atoms with Gasteiger partial charge in [-0.1, -0.05) is 43.7 Å². The Balaban J connectivity index is 2.17. The van der Waals surface area contributed by atoms with E-state index in [-0.39, 0.29) is 28.4 Å². The molecule has 2 aliphatic rings. The van der Waals surface area contributed by atoms with Crippen LogP contribution in [0.2, 0.25) is 0 Å². The van der Waals surface area contributed by atoms with Crippen LogP contribution < -0.4 is 5.32 Å². The topological polar surface area (TPSA) is 79.2 Å². The fourth-order valence-corrected chi connectivity index (χ4v) is 3.47. The molecule has 0 bridgehead atoms. The van der Waals surface area contributed by atoms with E-state index >= 15 is 0 Å². The number of ether oxygens (including phenoxy) is 1. The summed E-state index contributed by atoms with van der Waals surface area (Å²) >= 11 is 0. The van der Waals surface area contributed by atoms with Gasteiger partial charge in [0.25, 0.3) is 0 Å². The van der Waals surface area contributed by atoms with Gasteiger partial charge in [-0.25, -0.2) is 0 Å². The van der Waals surface area contributed by atoms with Crippen molar-refractivity contribution in [3.8, 4) is 6.07 Å². The Morgan fingerprint density at radius 1 is 1.27 bits per heavy atom. The predicted molar refractivity (Wildman–Crippen MR) is 96.5 cm³/mol. The second-order valence-corrected chi connectivity index (χ2v) is 7.74. The number of benzene rings is 1. The molecule has 0 amide bonds. The van der Waals surface area contributed by atoms with Crippen molar-refractivity contribution in [2.24, 2.45) is 5.41 Å². The number of nitrogens with zero attached hydrogens (tertiary/aromatic N) is 1. The van der Waals surface area contributed by atoms with Gasteiger partial charge in [0.15, 0.2) is 17.1 Å². The lowest BCUT2D eigenvalue weighted by molar-refractivity contribution is -0.119. The number of carbonyl (C=O) groups is 2. The maximum atomic E-state index is 12.8. The average molecular weight is 350 g/mol. The maximum absolute atomic E-state index is 12.8. The highest BCUT2D eigenvalue weighted by Gasteiger charge is 2.41. The molecule has 134 valence electrons. The van der Waals surface area contributed by atoms with Crippen molar-refractivity contribution in [1.82, 2.24) is 5.32 Å². The van der Waals surface area contributed by atoms with Crippen molar-refractivity contribution in [2.75, 3.05) is 0 Å². The van der Waals surface area contributed by atoms with Crippen LogP contribution in [0.1, 0.15) is 50.8 Å². The first-order valence-electron chi connectivity index (χ1n) is 8.64. The van der Waals surface area contributed by atoms with Crippen LogP contribution in [0.15, 0.2) is 47.1 Å². The molecule has 0 aromatic heterocycles. The van der Waals surface area contributed by atoms with Crippen molar-refractivity contribution >= 4 is 11.6 Å². The van der Waals surface area contributed by atoms with Crippen molar-refractivity contribution in [3.63, 3.8) is 0 Å². The average Bonchev–Trinajstić information content (AvgIpc) is 2.53. The van der Waals surface area contributed by atoms with E-state index in [1.165, 1.54) is 6.92 Å². The predicted octanol–water partition coefficient (Wildman–Crippen LogP) is 3.62. The van der Waals surface area contributed by atoms with E-state index in [1.807, 2.05) is 51.1 Å². The van der Waals surface area contributed by atoms with Crippen LogP contribution in [-0.4, -0.2) is 11.6 Å². The summed E-state index contributed by atoms with van der Waals surface area (Å²) in [4.78, 5) is 24.7. The highest BCUT2D eigenvalue weighted by molar-refractivity contribution is 6.00. The number of rotatable bonds is 2. The number of aryl methyl sites for hydroxylation is 1. The molecular formula is C21H22N2O3. The molecule has 1 aromatic carbocycles. The van der Waals surface area contributed by atoms with Crippen molar-refractivity contribution < 1.29 is 14.3 Å². The van der Waals surface area contributed by atoms with Gasteiger partial charge >= 0.3 is 0 Å². The molecule has 1 heterocycles. The Morgan fingerprint density at radius 2 is 1.92 bits per heavy atom. The second-order valence-electron chi connectivity index (χ2n) is 7.74. The van der Waals surface area contributed by atoms with E-state index in [0.717, 1.165) is 11.1 Å². The number of nitrogens with one attached hydrogen (secondary N) is 1. The van der Waals surface area contributed by atoms with Gasteiger partial charge in [-0.3, -0.25) is 9.59 Å². The number of Topliss-reactive ketones (excluding diaryl/α,β-unsaturated/α-hetero) is 2. The molecule has 0 saturated carbocycles. The highest BCUT2D eigenvalue weighted by atomic mass is 16.5. The minimum Gasteiger partial charge on any atom is -0.444 e. The molecule has 26 heavy (non-hydrogen) atoms. The van der Waals surface area contributed by atoms with E-state index in [2.05, 4.69) is 5.32 Å². The van der Waals surface area contributed by atoms with E-state index < -0.39 is 6.04 Å². The van der Waals surface area contributed by atoms with Crippen LogP contribution in [0.4, 0.5) is 0 Å². The Labute approximate surface area is 153 Å². The molecule has 0 spiro atoms. The van der Waals surface area contributed by atoms with Crippen LogP contribution in [0, 0.1) is 23.7 Å². The first-order valence-corrected chi connectivity index (χ1v) is 8.64. The molecule has 1 atom stereocenters. The smallest absolute Gasteiger partial charge is 0.215 e. The zero-order valence-electron chi connectivity index (χ0n) is 15.5. The molecule has 0 radical (unpaired) electrons. The molecule has 3 rings (SSSR count). The lowest BCUT2D eigenvalue weighted by atomic mass is 9.73. The third-order valence-electron chi connectivity index (χ3n) is 4.77. The van der Waals surface area contributed by atoms with Gasteiger partial charge in [0.2, 0.25) is 5.88 Å². The van der Waals surface area contributed by atoms with E-state index in [0.29, 0.717) is 24.2 Å². The quantitative estimate of drug-likeness (QED) is 0.651. The Bertz CT molecular complexity index is 883. The maximum Gasteiger partial charge on any atom is 0.215 e. The SMILES string of the molecule is CC(=O)/C(C#N)=C1\NC(c2ccc(C)cc2)C2=C(CC(C)(C)CC2=O)O1. The zero-order chi connectivity index (χ0) is 19.1. The van der Waals surface area contributed by atoms with Crippen LogP contribution in [-0.2, 0) is 14.3 Å². The Hall–Kier alpha value is -2.87. The molecule has 0 fully saturated rings. The number of nitriles is 1. The fourth-order valence-electron chi connectivity index (χ4n) is 3.47. The minimum atomic E-state index is -0.430. The largest absolute Gasteiger partial charge is 0.444 e. The van der Waals surface area contributed by atoms with Gasteiger partial charge in [-0.2, -0.15) is 5.26 Å². The first-order chi connectivity index (χ1) is 12.2. The van der Waals surface area contributed by atoms with Crippen molar-refractivity contribution in [1.29, 1.82) is 5.26 Å². The third-order valence-corrected chi connectivity index (χ3v) is 4.77. The molecule has 1 N–H and O–H groups in total. The van der Waals surface area contributed by atoms with Gasteiger partial charge in [-0.15, -0.1) is 0 Å². The second kappa shape index (κ2) is 6.45. The first kappa shape index (κ1) is 17.9. The van der Waals surface area contributed by atoms with Crippen molar-refractivity contribution in [3.05, 3.63) is 58.2 Å². The number of hydrogen-bond donors (Lipinski definition) is 1. The van der Waals surface area contributed by atoms with Gasteiger partial charge < -0.3 is 10.1 Å². The summed E-state index contributed by atoms with van der Waals surface area (Å²) in [5.74, 6) is 0.354. The lowest BCUT2D eigenvalue weighted by Gasteiger charge is -2.39. The number of ketones is 2. The molecule has 1 aromatic rings. The summed E-state index contributed by atoms with van der Waals surface area (Å²) in [6.45, 7) is 7.35. The summed E-state index contributed by atoms with van der Waals surface area (Å²) in [6, 6.07) is 9.34. The molecule has 1 aliphatic carbocycles. The monoisotopic (exact) mass is 350 g/mol. The van der Waals surface area contributed by atoms with E-state index in [9.17, 15) is 14.9 Å². The molecule has 1 aliphatic heterocycles. The van der Waals surface area contributed by atoms with E-state index in [1.54, 1.807) is 0 Å². The van der Waals surface area contributed by atoms with Gasteiger partial charge in [-0.05, 0) is 17.9 Å². The van der Waals surface area contributed by atoms with Crippen LogP contribution in [0.5, 0.6) is 0 Å². The molecule has 5 heteroatoms. The lowest BCUT2D eigenvalue weighted by Crippen LogP contribution is -2.39. The summed E-state index contributed by atoms with van der Waals surface area (Å²) in [5.41, 5.74) is 2.32. The Morgan fingerprint density at radius 3 is 2.50 bits per heavy atom. The molecular weight excluding hydrogens is 328 g/mol. The zero-order valence-corrected chi connectivity index (χ0v) is 15.5.